The number of methoxy groups -OCH3 is 1. The quantitative estimate of drug-likeness (QED) is 0.635. The van der Waals surface area contributed by atoms with Gasteiger partial charge in [0, 0.05) is 5.57 Å². The van der Waals surface area contributed by atoms with Gasteiger partial charge >= 0.3 is 5.97 Å². The van der Waals surface area contributed by atoms with E-state index in [4.69, 9.17) is 38.4 Å². The minimum absolute atomic E-state index is 0.0427. The Hall–Kier alpha value is -2.97. The Morgan fingerprint density at radius 3 is 2.77 bits per heavy atom. The van der Waals surface area contributed by atoms with Crippen LogP contribution in [0.1, 0.15) is 16.9 Å². The van der Waals surface area contributed by atoms with Crippen molar-refractivity contribution < 1.29 is 23.0 Å². The molecule has 2 N–H and O–H groups in total. The first-order valence-electron chi connectivity index (χ1n) is 8.57. The first-order valence-corrected chi connectivity index (χ1v) is 9.33. The zero-order valence-corrected chi connectivity index (χ0v) is 17.1. The molecule has 0 unspecified atom stereocenters. The van der Waals surface area contributed by atoms with Crippen LogP contribution in [-0.4, -0.2) is 29.7 Å². The lowest BCUT2D eigenvalue weighted by molar-refractivity contribution is 0.0533. The molecule has 2 aromatic rings. The van der Waals surface area contributed by atoms with E-state index in [2.05, 4.69) is 9.97 Å². The number of rotatable bonds is 5. The van der Waals surface area contributed by atoms with Gasteiger partial charge in [0.15, 0.2) is 23.1 Å². The van der Waals surface area contributed by atoms with Gasteiger partial charge in [0.1, 0.15) is 23.3 Å². The molecule has 6 nitrogen and oxygen atoms in total. The number of carbonyl (C=O) groups excluding carboxylic acids is 1. The smallest absolute Gasteiger partial charge is 0.359 e. The Kier molecular flexibility index (Phi) is 6.69. The molecule has 0 amide bonds. The number of hydrogen-bond donors (Lipinski definition) is 1. The van der Waals surface area contributed by atoms with E-state index in [1.54, 1.807) is 12.2 Å². The summed E-state index contributed by atoms with van der Waals surface area (Å²) in [6, 6.07) is 2.69. The number of aromatic nitrogens is 2. The van der Waals surface area contributed by atoms with Crippen molar-refractivity contribution in [3.05, 3.63) is 69.4 Å². The average molecular weight is 454 g/mol. The van der Waals surface area contributed by atoms with E-state index in [1.807, 2.05) is 0 Å². The Labute approximate surface area is 180 Å². The van der Waals surface area contributed by atoms with E-state index in [-0.39, 0.29) is 50.9 Å². The molecular weight excluding hydrogens is 439 g/mol. The molecule has 0 saturated heterocycles. The van der Waals surface area contributed by atoms with Crippen molar-refractivity contribution in [2.24, 2.45) is 0 Å². The third kappa shape index (κ3) is 4.44. The summed E-state index contributed by atoms with van der Waals surface area (Å²) < 4.78 is 38.7. The summed E-state index contributed by atoms with van der Waals surface area (Å²) in [7, 11) is 1.25. The second kappa shape index (κ2) is 9.23. The number of allylic oxidation sites excluding steroid dienone is 4. The fourth-order valence-electron chi connectivity index (χ4n) is 2.59. The maximum absolute atomic E-state index is 14.7. The number of halogens is 4. The Morgan fingerprint density at radius 1 is 1.27 bits per heavy atom. The van der Waals surface area contributed by atoms with Crippen LogP contribution in [0.3, 0.4) is 0 Å². The molecule has 1 aliphatic rings. The Bertz CT molecular complexity index is 1100. The minimum atomic E-state index is -0.974. The van der Waals surface area contributed by atoms with Gasteiger partial charge in [-0.3, -0.25) is 0 Å². The number of nitrogens with zero attached hydrogens (tertiary/aromatic N) is 2. The molecule has 0 aliphatic heterocycles. The van der Waals surface area contributed by atoms with Crippen molar-refractivity contribution in [2.45, 2.75) is 6.42 Å². The van der Waals surface area contributed by atoms with Gasteiger partial charge in [-0.1, -0.05) is 41.4 Å². The van der Waals surface area contributed by atoms with Crippen LogP contribution in [0.4, 0.5) is 14.6 Å². The van der Waals surface area contributed by atoms with E-state index in [0.29, 0.717) is 6.42 Å². The predicted octanol–water partition coefficient (Wildman–Crippen LogP) is 5.08. The zero-order valence-electron chi connectivity index (χ0n) is 15.6. The van der Waals surface area contributed by atoms with Gasteiger partial charge < -0.3 is 15.2 Å². The van der Waals surface area contributed by atoms with E-state index in [9.17, 15) is 13.6 Å². The van der Waals surface area contributed by atoms with Crippen LogP contribution in [0.25, 0.3) is 11.4 Å². The molecule has 1 aliphatic carbocycles. The lowest BCUT2D eigenvalue weighted by Gasteiger charge is -2.12. The molecule has 0 fully saturated rings. The number of anilines is 1. The molecule has 10 heteroatoms. The van der Waals surface area contributed by atoms with E-state index in [1.165, 1.54) is 31.4 Å². The molecule has 3 rings (SSSR count). The fraction of sp³-hybridized carbons (Fsp3) is 0.150. The highest BCUT2D eigenvalue weighted by Crippen LogP contribution is 2.35. The van der Waals surface area contributed by atoms with Crippen LogP contribution in [-0.2, 0) is 4.74 Å². The summed E-state index contributed by atoms with van der Waals surface area (Å²) in [6.45, 7) is -0.357. The normalized spacial score (nSPS) is 13.4. The van der Waals surface area contributed by atoms with E-state index in [0.717, 1.165) is 0 Å². The summed E-state index contributed by atoms with van der Waals surface area (Å²) in [5.41, 5.74) is 5.44. The number of nitrogens with two attached hydrogens (primary N) is 1. The second-order valence-electron chi connectivity index (χ2n) is 6.02. The third-order valence-corrected chi connectivity index (χ3v) is 4.77. The molecule has 0 saturated carbocycles. The van der Waals surface area contributed by atoms with E-state index >= 15 is 0 Å². The topological polar surface area (TPSA) is 87.3 Å². The van der Waals surface area contributed by atoms with Gasteiger partial charge in [0.2, 0.25) is 0 Å². The highest BCUT2D eigenvalue weighted by atomic mass is 35.5. The maximum Gasteiger partial charge on any atom is 0.359 e. The SMILES string of the molecule is COc1c(Cl)ccc(-c2nc(N)c(Cl)c(C(=O)OCC3=CC=CCC=C3F)n2)c1F. The molecule has 0 radical (unpaired) electrons. The van der Waals surface area contributed by atoms with Crippen molar-refractivity contribution in [2.75, 3.05) is 19.5 Å². The Morgan fingerprint density at radius 2 is 2.03 bits per heavy atom. The van der Waals surface area contributed by atoms with Gasteiger partial charge in [0.25, 0.3) is 0 Å². The van der Waals surface area contributed by atoms with Crippen LogP contribution in [0.5, 0.6) is 5.75 Å². The molecule has 1 heterocycles. The monoisotopic (exact) mass is 453 g/mol. The van der Waals surface area contributed by atoms with Gasteiger partial charge in [-0.05, 0) is 24.6 Å². The molecule has 0 atom stereocenters. The maximum atomic E-state index is 14.7. The van der Waals surface area contributed by atoms with Crippen LogP contribution >= 0.6 is 23.2 Å². The molecule has 156 valence electrons. The van der Waals surface area contributed by atoms with E-state index < -0.39 is 17.6 Å². The van der Waals surface area contributed by atoms with Gasteiger partial charge in [0.05, 0.1) is 17.7 Å². The van der Waals surface area contributed by atoms with Crippen LogP contribution in [0, 0.1) is 5.82 Å². The lowest BCUT2D eigenvalue weighted by Crippen LogP contribution is -2.14. The first-order chi connectivity index (χ1) is 14.3. The summed E-state index contributed by atoms with van der Waals surface area (Å²) in [5, 5.41) is -0.225. The molecule has 1 aromatic carbocycles. The van der Waals surface area contributed by atoms with Crippen molar-refractivity contribution in [3.8, 4) is 17.1 Å². The number of ether oxygens (including phenoxy) is 2. The molecule has 30 heavy (non-hydrogen) atoms. The summed E-state index contributed by atoms with van der Waals surface area (Å²) in [5.74, 6) is -3.01. The number of nitrogen functional groups attached to an aromatic ring is 1. The largest absolute Gasteiger partial charge is 0.492 e. The third-order valence-electron chi connectivity index (χ3n) is 4.10. The van der Waals surface area contributed by atoms with Gasteiger partial charge in [-0.2, -0.15) is 0 Å². The summed E-state index contributed by atoms with van der Waals surface area (Å²) >= 11 is 11.9. The van der Waals surface area contributed by atoms with Gasteiger partial charge in [-0.25, -0.2) is 23.5 Å². The minimum Gasteiger partial charge on any atom is -0.492 e. The van der Waals surface area contributed by atoms with Crippen LogP contribution in [0.2, 0.25) is 10.0 Å². The predicted molar refractivity (Wildman–Crippen MR) is 110 cm³/mol. The van der Waals surface area contributed by atoms with Crippen LogP contribution < -0.4 is 10.5 Å². The number of benzene rings is 1. The number of hydrogen-bond acceptors (Lipinski definition) is 6. The van der Waals surface area contributed by atoms with Crippen molar-refractivity contribution in [1.29, 1.82) is 0 Å². The number of carbonyl (C=O) groups is 1. The van der Waals surface area contributed by atoms with Crippen molar-refractivity contribution in [3.63, 3.8) is 0 Å². The molecule has 1 aromatic heterocycles. The summed E-state index contributed by atoms with van der Waals surface area (Å²) in [4.78, 5) is 20.4. The van der Waals surface area contributed by atoms with Crippen molar-refractivity contribution >= 4 is 35.0 Å². The first kappa shape index (κ1) is 21.7. The average Bonchev–Trinajstić information content (AvgIpc) is 2.92. The highest BCUT2D eigenvalue weighted by molar-refractivity contribution is 6.35. The van der Waals surface area contributed by atoms with Gasteiger partial charge in [-0.15, -0.1) is 0 Å². The number of esters is 1. The molecule has 0 spiro atoms. The van der Waals surface area contributed by atoms with Crippen molar-refractivity contribution in [1.82, 2.24) is 9.97 Å². The second-order valence-corrected chi connectivity index (χ2v) is 6.81. The fourth-order valence-corrected chi connectivity index (χ4v) is 2.97. The van der Waals surface area contributed by atoms with Crippen LogP contribution in [0.15, 0.2) is 47.8 Å². The highest BCUT2D eigenvalue weighted by Gasteiger charge is 2.23. The zero-order chi connectivity index (χ0) is 21.8. The summed E-state index contributed by atoms with van der Waals surface area (Å²) in [6.07, 6.45) is 6.66. The lowest BCUT2D eigenvalue weighted by atomic mass is 10.1. The molecule has 0 bridgehead atoms. The Balaban J connectivity index is 1.93. The molecular formula is C20H15Cl2F2N3O3. The standard InChI is InChI=1S/C20H15Cl2F2N3O3/c1-29-17-12(21)8-7-11(15(17)24)19-26-16(14(22)18(25)27-19)20(28)30-9-10-5-3-2-4-6-13(10)23/h2-3,5-8H,4,9H2,1H3,(H2,25,26,27).